The third kappa shape index (κ3) is 3.65. The SMILES string of the molecule is COc1cc(C)ccc1OCC(=O)N[C@@]1(C(=O)O)CCSC1. The third-order valence-electron chi connectivity index (χ3n) is 3.49. The molecule has 1 aliphatic heterocycles. The summed E-state index contributed by atoms with van der Waals surface area (Å²) in [6, 6.07) is 5.38. The average molecular weight is 325 g/mol. The second kappa shape index (κ2) is 6.91. The number of thioether (sulfide) groups is 1. The third-order valence-corrected chi connectivity index (χ3v) is 4.68. The van der Waals surface area contributed by atoms with Crippen molar-refractivity contribution in [2.75, 3.05) is 25.2 Å². The predicted molar refractivity (Wildman–Crippen MR) is 83.7 cm³/mol. The van der Waals surface area contributed by atoms with E-state index in [-0.39, 0.29) is 6.61 Å². The van der Waals surface area contributed by atoms with Gasteiger partial charge in [0.1, 0.15) is 5.54 Å². The number of nitrogens with one attached hydrogen (secondary N) is 1. The van der Waals surface area contributed by atoms with Gasteiger partial charge in [0.2, 0.25) is 0 Å². The molecule has 0 unspecified atom stereocenters. The van der Waals surface area contributed by atoms with Crippen LogP contribution in [0.15, 0.2) is 18.2 Å². The number of methoxy groups -OCH3 is 1. The van der Waals surface area contributed by atoms with Crippen LogP contribution in [-0.2, 0) is 9.59 Å². The number of hydrogen-bond donors (Lipinski definition) is 2. The van der Waals surface area contributed by atoms with Gasteiger partial charge in [-0.1, -0.05) is 6.07 Å². The summed E-state index contributed by atoms with van der Waals surface area (Å²) < 4.78 is 10.6. The standard InChI is InChI=1S/C15H19NO5S/c1-10-3-4-11(12(7-10)20-2)21-8-13(17)16-15(14(18)19)5-6-22-9-15/h3-4,7H,5-6,8-9H2,1-2H3,(H,16,17)(H,18,19)/t15-/m0/s1. The van der Waals surface area contributed by atoms with Gasteiger partial charge < -0.3 is 19.9 Å². The minimum atomic E-state index is -1.18. The number of carboxylic acid groups (broad SMARTS) is 1. The van der Waals surface area contributed by atoms with E-state index in [1.807, 2.05) is 13.0 Å². The van der Waals surface area contributed by atoms with Crippen molar-refractivity contribution < 1.29 is 24.2 Å². The van der Waals surface area contributed by atoms with Crippen molar-refractivity contribution in [3.8, 4) is 11.5 Å². The van der Waals surface area contributed by atoms with Crippen molar-refractivity contribution in [1.82, 2.24) is 5.32 Å². The molecule has 2 N–H and O–H groups in total. The van der Waals surface area contributed by atoms with Gasteiger partial charge in [-0.05, 0) is 36.8 Å². The number of carboxylic acids is 1. The van der Waals surface area contributed by atoms with E-state index in [0.29, 0.717) is 23.7 Å². The smallest absolute Gasteiger partial charge is 0.330 e. The van der Waals surface area contributed by atoms with Crippen molar-refractivity contribution in [3.63, 3.8) is 0 Å². The normalized spacial score (nSPS) is 20.5. The first-order chi connectivity index (χ1) is 10.5. The van der Waals surface area contributed by atoms with E-state index >= 15 is 0 Å². The zero-order valence-corrected chi connectivity index (χ0v) is 13.4. The molecule has 1 saturated heterocycles. The number of aryl methyl sites for hydroxylation is 1. The Bertz CT molecular complexity index is 569. The highest BCUT2D eigenvalue weighted by molar-refractivity contribution is 7.99. The molecule has 1 amide bonds. The molecule has 2 rings (SSSR count). The lowest BCUT2D eigenvalue weighted by atomic mass is 9.99. The molecule has 1 atom stereocenters. The monoisotopic (exact) mass is 325 g/mol. The summed E-state index contributed by atoms with van der Waals surface area (Å²) in [6.45, 7) is 1.67. The van der Waals surface area contributed by atoms with E-state index in [0.717, 1.165) is 11.3 Å². The molecule has 0 radical (unpaired) electrons. The Balaban J connectivity index is 1.97. The van der Waals surface area contributed by atoms with Gasteiger partial charge in [0.15, 0.2) is 18.1 Å². The summed E-state index contributed by atoms with van der Waals surface area (Å²) >= 11 is 1.52. The number of carbonyl (C=O) groups excluding carboxylic acids is 1. The van der Waals surface area contributed by atoms with Crippen LogP contribution in [0.1, 0.15) is 12.0 Å². The summed E-state index contributed by atoms with van der Waals surface area (Å²) in [7, 11) is 1.52. The van der Waals surface area contributed by atoms with E-state index in [2.05, 4.69) is 5.32 Å². The molecule has 0 spiro atoms. The molecular formula is C15H19NO5S. The van der Waals surface area contributed by atoms with E-state index < -0.39 is 17.4 Å². The number of carbonyl (C=O) groups is 2. The van der Waals surface area contributed by atoms with Crippen LogP contribution in [0.5, 0.6) is 11.5 Å². The Morgan fingerprint density at radius 2 is 2.18 bits per heavy atom. The number of ether oxygens (including phenoxy) is 2. The van der Waals surface area contributed by atoms with Crippen molar-refractivity contribution in [3.05, 3.63) is 23.8 Å². The van der Waals surface area contributed by atoms with Crippen molar-refractivity contribution in [1.29, 1.82) is 0 Å². The molecule has 1 heterocycles. The number of amides is 1. The van der Waals surface area contributed by atoms with Crippen LogP contribution in [0.2, 0.25) is 0 Å². The van der Waals surface area contributed by atoms with Crippen molar-refractivity contribution in [2.24, 2.45) is 0 Å². The van der Waals surface area contributed by atoms with Crippen LogP contribution in [0.25, 0.3) is 0 Å². The van der Waals surface area contributed by atoms with E-state index in [1.165, 1.54) is 18.9 Å². The zero-order chi connectivity index (χ0) is 16.2. The Morgan fingerprint density at radius 1 is 1.41 bits per heavy atom. The fourth-order valence-corrected chi connectivity index (χ4v) is 3.55. The summed E-state index contributed by atoms with van der Waals surface area (Å²) in [5.74, 6) is 0.637. The zero-order valence-electron chi connectivity index (χ0n) is 12.5. The van der Waals surface area contributed by atoms with E-state index in [9.17, 15) is 14.7 Å². The van der Waals surface area contributed by atoms with Gasteiger partial charge in [-0.25, -0.2) is 4.79 Å². The average Bonchev–Trinajstić information content (AvgIpc) is 2.95. The lowest BCUT2D eigenvalue weighted by Gasteiger charge is -2.24. The number of hydrogen-bond acceptors (Lipinski definition) is 5. The van der Waals surface area contributed by atoms with Crippen LogP contribution in [0, 0.1) is 6.92 Å². The maximum Gasteiger partial charge on any atom is 0.330 e. The minimum absolute atomic E-state index is 0.251. The molecule has 1 aliphatic rings. The molecule has 6 nitrogen and oxygen atoms in total. The molecule has 0 bridgehead atoms. The molecule has 120 valence electrons. The van der Waals surface area contributed by atoms with Gasteiger partial charge in [-0.2, -0.15) is 11.8 Å². The highest BCUT2D eigenvalue weighted by Crippen LogP contribution is 2.29. The fraction of sp³-hybridized carbons (Fsp3) is 0.467. The maximum atomic E-state index is 12.0. The second-order valence-electron chi connectivity index (χ2n) is 5.18. The number of benzene rings is 1. The molecule has 0 saturated carbocycles. The highest BCUT2D eigenvalue weighted by Gasteiger charge is 2.43. The Labute approximate surface area is 133 Å². The molecule has 1 aromatic carbocycles. The molecular weight excluding hydrogens is 306 g/mol. The quantitative estimate of drug-likeness (QED) is 0.824. The highest BCUT2D eigenvalue weighted by atomic mass is 32.2. The van der Waals surface area contributed by atoms with Gasteiger partial charge in [-0.3, -0.25) is 4.79 Å². The molecule has 0 aliphatic carbocycles. The molecule has 7 heteroatoms. The Hall–Kier alpha value is -1.89. The van der Waals surface area contributed by atoms with Crippen LogP contribution in [0.4, 0.5) is 0 Å². The maximum absolute atomic E-state index is 12.0. The van der Waals surface area contributed by atoms with Gasteiger partial charge in [0.25, 0.3) is 5.91 Å². The summed E-state index contributed by atoms with van der Waals surface area (Å²) in [4.78, 5) is 23.4. The van der Waals surface area contributed by atoms with E-state index in [1.54, 1.807) is 12.1 Å². The molecule has 0 aromatic heterocycles. The van der Waals surface area contributed by atoms with Crippen LogP contribution < -0.4 is 14.8 Å². The van der Waals surface area contributed by atoms with Gasteiger partial charge >= 0.3 is 5.97 Å². The first kappa shape index (κ1) is 16.5. The first-order valence-electron chi connectivity index (χ1n) is 6.86. The van der Waals surface area contributed by atoms with Gasteiger partial charge in [0, 0.05) is 5.75 Å². The fourth-order valence-electron chi connectivity index (χ4n) is 2.23. The van der Waals surface area contributed by atoms with Crippen molar-refractivity contribution >= 4 is 23.6 Å². The molecule has 22 heavy (non-hydrogen) atoms. The number of aliphatic carboxylic acids is 1. The van der Waals surface area contributed by atoms with Crippen LogP contribution in [-0.4, -0.2) is 47.7 Å². The first-order valence-corrected chi connectivity index (χ1v) is 8.02. The Kier molecular flexibility index (Phi) is 5.18. The van der Waals surface area contributed by atoms with Crippen LogP contribution >= 0.6 is 11.8 Å². The lowest BCUT2D eigenvalue weighted by Crippen LogP contribution is -2.55. The van der Waals surface area contributed by atoms with Crippen LogP contribution in [0.3, 0.4) is 0 Å². The molecule has 1 fully saturated rings. The largest absolute Gasteiger partial charge is 0.493 e. The van der Waals surface area contributed by atoms with Crippen molar-refractivity contribution in [2.45, 2.75) is 18.9 Å². The van der Waals surface area contributed by atoms with Gasteiger partial charge in [0.05, 0.1) is 7.11 Å². The molecule has 1 aromatic rings. The summed E-state index contributed by atoms with van der Waals surface area (Å²) in [5.41, 5.74) is -0.163. The van der Waals surface area contributed by atoms with Gasteiger partial charge in [-0.15, -0.1) is 0 Å². The summed E-state index contributed by atoms with van der Waals surface area (Å²) in [6.07, 6.45) is 0.423. The second-order valence-corrected chi connectivity index (χ2v) is 6.29. The summed E-state index contributed by atoms with van der Waals surface area (Å²) in [5, 5.41) is 11.9. The lowest BCUT2D eigenvalue weighted by molar-refractivity contribution is -0.146. The number of rotatable bonds is 6. The topological polar surface area (TPSA) is 84.9 Å². The van der Waals surface area contributed by atoms with E-state index in [4.69, 9.17) is 9.47 Å². The Morgan fingerprint density at radius 3 is 2.77 bits per heavy atom. The predicted octanol–water partition coefficient (Wildman–Crippen LogP) is 1.46. The minimum Gasteiger partial charge on any atom is -0.493 e.